The Kier molecular flexibility index (Phi) is 10.3. The van der Waals surface area contributed by atoms with Crippen molar-refractivity contribution >= 4 is 51.7 Å². The van der Waals surface area contributed by atoms with Gasteiger partial charge in [-0.2, -0.15) is 0 Å². The van der Waals surface area contributed by atoms with Crippen molar-refractivity contribution in [2.24, 2.45) is 4.99 Å². The number of thiazole rings is 1. The highest BCUT2D eigenvalue weighted by Crippen LogP contribution is 2.37. The highest BCUT2D eigenvalue weighted by molar-refractivity contribution is 14.1. The average Bonchev–Trinajstić information content (AvgIpc) is 3.41. The van der Waals surface area contributed by atoms with Crippen LogP contribution in [-0.2, 0) is 16.1 Å². The van der Waals surface area contributed by atoms with Gasteiger partial charge in [0.15, 0.2) is 16.3 Å². The van der Waals surface area contributed by atoms with Gasteiger partial charge in [-0.05, 0) is 75.9 Å². The van der Waals surface area contributed by atoms with Crippen molar-refractivity contribution in [3.05, 3.63) is 154 Å². The molecule has 6 rings (SSSR count). The first-order valence-electron chi connectivity index (χ1n) is 15.7. The number of hydrogen-bond donors (Lipinski definition) is 0. The van der Waals surface area contributed by atoms with Crippen LogP contribution in [0, 0.1) is 3.57 Å². The zero-order valence-corrected chi connectivity index (χ0v) is 30.1. The topological polar surface area (TPSA) is 79.1 Å². The molecule has 0 amide bonds. The number of carbonyl (C=O) groups is 1. The number of benzene rings is 4. The molecule has 5 aromatic rings. The van der Waals surface area contributed by atoms with Crippen molar-refractivity contribution < 1.29 is 19.0 Å². The van der Waals surface area contributed by atoms with Crippen LogP contribution in [0.2, 0.25) is 0 Å². The second-order valence-corrected chi connectivity index (χ2v) is 13.7. The lowest BCUT2D eigenvalue weighted by Gasteiger charge is -2.26. The monoisotopic (exact) mass is 770 g/mol. The maximum absolute atomic E-state index is 14.4. The maximum atomic E-state index is 14.4. The fourth-order valence-electron chi connectivity index (χ4n) is 5.66. The van der Waals surface area contributed by atoms with E-state index in [-0.39, 0.29) is 12.2 Å². The number of hydrogen-bond acceptors (Lipinski definition) is 7. The molecular formula is C39H35IN2O5S. The van der Waals surface area contributed by atoms with Gasteiger partial charge in [0.1, 0.15) is 6.61 Å². The van der Waals surface area contributed by atoms with Gasteiger partial charge in [-0.25, -0.2) is 9.79 Å². The van der Waals surface area contributed by atoms with Crippen LogP contribution in [0.5, 0.6) is 11.5 Å². The summed E-state index contributed by atoms with van der Waals surface area (Å²) < 4.78 is 20.4. The van der Waals surface area contributed by atoms with Crippen LogP contribution in [0.3, 0.4) is 0 Å². The Hall–Kier alpha value is -4.48. The maximum Gasteiger partial charge on any atom is 0.338 e. The molecular weight excluding hydrogens is 735 g/mol. The SMILES string of the molecule is CCOC(=O)C1=C(c2ccccc2)N=c2s/c(=C\c3cc(I)c(OCc4ccccc4)c(OC)c3)c(=O)n2C1c1ccc(C(C)C)cc1. The van der Waals surface area contributed by atoms with Crippen molar-refractivity contribution in [1.29, 1.82) is 0 Å². The zero-order valence-electron chi connectivity index (χ0n) is 27.1. The molecule has 1 unspecified atom stereocenters. The van der Waals surface area contributed by atoms with E-state index in [4.69, 9.17) is 19.2 Å². The van der Waals surface area contributed by atoms with Crippen molar-refractivity contribution in [3.63, 3.8) is 0 Å². The van der Waals surface area contributed by atoms with E-state index in [1.54, 1.807) is 18.6 Å². The Bertz CT molecular complexity index is 2150. The molecule has 0 bridgehead atoms. The van der Waals surface area contributed by atoms with Gasteiger partial charge >= 0.3 is 5.97 Å². The van der Waals surface area contributed by atoms with Gasteiger partial charge in [0.05, 0.1) is 39.1 Å². The highest BCUT2D eigenvalue weighted by Gasteiger charge is 2.35. The second-order valence-electron chi connectivity index (χ2n) is 11.6. The van der Waals surface area contributed by atoms with E-state index in [1.165, 1.54) is 11.3 Å². The molecule has 244 valence electrons. The first-order chi connectivity index (χ1) is 23.3. The third-order valence-corrected chi connectivity index (χ3v) is 9.85. The predicted octanol–water partition coefficient (Wildman–Crippen LogP) is 7.25. The minimum Gasteiger partial charge on any atom is -0.493 e. The summed E-state index contributed by atoms with van der Waals surface area (Å²) in [4.78, 5) is 33.6. The van der Waals surface area contributed by atoms with Gasteiger partial charge in [0, 0.05) is 5.56 Å². The first-order valence-corrected chi connectivity index (χ1v) is 17.6. The van der Waals surface area contributed by atoms with E-state index in [2.05, 4.69) is 48.6 Å². The van der Waals surface area contributed by atoms with Gasteiger partial charge in [-0.15, -0.1) is 0 Å². The largest absolute Gasteiger partial charge is 0.493 e. The molecule has 1 aliphatic heterocycles. The van der Waals surface area contributed by atoms with Crippen molar-refractivity contribution in [2.45, 2.75) is 39.3 Å². The van der Waals surface area contributed by atoms with Crippen LogP contribution < -0.4 is 24.4 Å². The minimum atomic E-state index is -0.734. The van der Waals surface area contributed by atoms with Crippen LogP contribution in [0.25, 0.3) is 11.8 Å². The molecule has 0 aliphatic carbocycles. The standard InChI is InChI=1S/C39H35IN2O5S/c1-5-46-38(44)33-34(28-14-10-7-11-15-28)41-39-42(35(33)29-18-16-27(17-19-29)24(2)3)37(43)32(48-39)22-26-20-30(40)36(31(21-26)45-4)47-23-25-12-8-6-9-13-25/h6-22,24,35H,5,23H2,1-4H3/b32-22-. The molecule has 2 heterocycles. The Balaban J connectivity index is 1.51. The fourth-order valence-corrected chi connectivity index (χ4v) is 7.45. The third kappa shape index (κ3) is 6.88. The average molecular weight is 771 g/mol. The number of ether oxygens (including phenoxy) is 3. The van der Waals surface area contributed by atoms with E-state index < -0.39 is 12.0 Å². The summed E-state index contributed by atoms with van der Waals surface area (Å²) in [5, 5.41) is 0. The quantitative estimate of drug-likeness (QED) is 0.111. The van der Waals surface area contributed by atoms with Gasteiger partial charge < -0.3 is 14.2 Å². The van der Waals surface area contributed by atoms with Crippen molar-refractivity contribution in [1.82, 2.24) is 4.57 Å². The Labute approximate surface area is 297 Å². The summed E-state index contributed by atoms with van der Waals surface area (Å²) in [6.45, 7) is 6.63. The summed E-state index contributed by atoms with van der Waals surface area (Å²) in [5.41, 5.74) is 5.14. The lowest BCUT2D eigenvalue weighted by molar-refractivity contribution is -0.138. The molecule has 48 heavy (non-hydrogen) atoms. The molecule has 1 atom stereocenters. The predicted molar refractivity (Wildman–Crippen MR) is 198 cm³/mol. The summed E-state index contributed by atoms with van der Waals surface area (Å²) in [6.07, 6.45) is 1.84. The number of esters is 1. The lowest BCUT2D eigenvalue weighted by Crippen LogP contribution is -2.40. The van der Waals surface area contributed by atoms with E-state index in [9.17, 15) is 9.59 Å². The van der Waals surface area contributed by atoms with E-state index >= 15 is 0 Å². The summed E-state index contributed by atoms with van der Waals surface area (Å²) in [5.74, 6) is 1.03. The number of carbonyl (C=O) groups excluding carboxylic acids is 1. The van der Waals surface area contributed by atoms with Gasteiger partial charge in [-0.3, -0.25) is 9.36 Å². The van der Waals surface area contributed by atoms with Crippen LogP contribution >= 0.6 is 33.9 Å². The normalized spacial score (nSPS) is 14.5. The number of aromatic nitrogens is 1. The molecule has 0 fully saturated rings. The van der Waals surface area contributed by atoms with Crippen molar-refractivity contribution in [3.8, 4) is 11.5 Å². The zero-order chi connectivity index (χ0) is 33.8. The molecule has 7 nitrogen and oxygen atoms in total. The summed E-state index contributed by atoms with van der Waals surface area (Å²) in [7, 11) is 1.60. The van der Waals surface area contributed by atoms with E-state index in [1.807, 2.05) is 91.0 Å². The van der Waals surface area contributed by atoms with Crippen LogP contribution in [0.1, 0.15) is 60.5 Å². The van der Waals surface area contributed by atoms with E-state index in [0.717, 1.165) is 31.4 Å². The highest BCUT2D eigenvalue weighted by atomic mass is 127. The van der Waals surface area contributed by atoms with E-state index in [0.29, 0.717) is 44.6 Å². The molecule has 4 aromatic carbocycles. The number of rotatable bonds is 10. The molecule has 0 saturated carbocycles. The summed E-state index contributed by atoms with van der Waals surface area (Å²) in [6, 6.07) is 30.7. The molecule has 1 aliphatic rings. The number of fused-ring (bicyclic) bond motifs is 1. The van der Waals surface area contributed by atoms with Crippen LogP contribution in [0.15, 0.2) is 112 Å². The second kappa shape index (κ2) is 14.7. The van der Waals surface area contributed by atoms with Crippen molar-refractivity contribution in [2.75, 3.05) is 13.7 Å². The molecule has 0 spiro atoms. The molecule has 0 saturated heterocycles. The van der Waals surface area contributed by atoms with Gasteiger partial charge in [0.2, 0.25) is 0 Å². The number of methoxy groups -OCH3 is 1. The third-order valence-electron chi connectivity index (χ3n) is 8.07. The lowest BCUT2D eigenvalue weighted by atomic mass is 9.91. The van der Waals surface area contributed by atoms with Crippen LogP contribution in [-0.4, -0.2) is 24.3 Å². The van der Waals surface area contributed by atoms with Gasteiger partial charge in [0.25, 0.3) is 5.56 Å². The molecule has 0 radical (unpaired) electrons. The molecule has 1 aromatic heterocycles. The number of nitrogens with zero attached hydrogens (tertiary/aromatic N) is 2. The minimum absolute atomic E-state index is 0.194. The Morgan fingerprint density at radius 1 is 1.00 bits per heavy atom. The smallest absolute Gasteiger partial charge is 0.338 e. The Morgan fingerprint density at radius 2 is 1.69 bits per heavy atom. The Morgan fingerprint density at radius 3 is 2.33 bits per heavy atom. The fraction of sp³-hybridized carbons (Fsp3) is 0.205. The van der Waals surface area contributed by atoms with Crippen LogP contribution in [0.4, 0.5) is 0 Å². The molecule has 9 heteroatoms. The summed E-state index contributed by atoms with van der Waals surface area (Å²) >= 11 is 3.52. The number of halogens is 1. The van der Waals surface area contributed by atoms with Gasteiger partial charge in [-0.1, -0.05) is 110 Å². The molecule has 0 N–H and O–H groups in total. The first kappa shape index (κ1) is 33.4.